The number of phosphoric ester groups is 1. The van der Waals surface area contributed by atoms with Crippen molar-refractivity contribution in [3.05, 3.63) is 72.9 Å². The van der Waals surface area contributed by atoms with Gasteiger partial charge in [-0.05, 0) is 70.6 Å². The van der Waals surface area contributed by atoms with E-state index in [1.165, 1.54) is 12.8 Å². The average molecular weight is 793 g/mol. The molecule has 0 aromatic heterocycles. The zero-order valence-electron chi connectivity index (χ0n) is 34.8. The molecule has 0 aromatic carbocycles. The van der Waals surface area contributed by atoms with Gasteiger partial charge < -0.3 is 23.6 Å². The van der Waals surface area contributed by atoms with E-state index in [1.807, 2.05) is 33.3 Å². The summed E-state index contributed by atoms with van der Waals surface area (Å²) in [5, 5.41) is 0. The maximum atomic E-state index is 12.6. The predicted molar refractivity (Wildman–Crippen MR) is 223 cm³/mol. The number of allylic oxidation sites excluding steroid dienone is 10. The number of epoxide rings is 1. The standard InChI is InChI=1S/C44H74NO9P/c1-6-8-10-11-12-13-16-20-23-26-30-34-43(46)50-38-40(39-52-55(48,49)51-37-36-45(3,4)5)53-44(47)35-31-27-24-21-18-15-14-17-19-22-25-29-33-42-41(54-42)32-28-9-7-2/h9,11-12,15,17-19,24-25,27-29,40-42H,6-8,10,13-14,16,20-23,26,30-39H2,1-5H3/p+1/b12-11-,18-15-,19-17-,27-24-,28-9-,29-25-/t40-,41?,42?/m1/s1. The highest BCUT2D eigenvalue weighted by molar-refractivity contribution is 7.47. The number of hydrogen-bond acceptors (Lipinski definition) is 8. The molecule has 0 aromatic rings. The van der Waals surface area contributed by atoms with Gasteiger partial charge in [0.2, 0.25) is 0 Å². The maximum absolute atomic E-state index is 12.6. The van der Waals surface area contributed by atoms with Crippen molar-refractivity contribution in [3.63, 3.8) is 0 Å². The van der Waals surface area contributed by atoms with Crippen LogP contribution in [-0.2, 0) is 37.4 Å². The summed E-state index contributed by atoms with van der Waals surface area (Å²) < 4.78 is 39.8. The lowest BCUT2D eigenvalue weighted by atomic mass is 10.1. The van der Waals surface area contributed by atoms with Crippen LogP contribution in [0.4, 0.5) is 0 Å². The molecule has 0 bridgehead atoms. The van der Waals surface area contributed by atoms with E-state index in [0.717, 1.165) is 77.0 Å². The minimum absolute atomic E-state index is 0.0112. The molecule has 0 amide bonds. The fraction of sp³-hybridized carbons (Fsp3) is 0.682. The Morgan fingerprint density at radius 2 is 1.24 bits per heavy atom. The summed E-state index contributed by atoms with van der Waals surface area (Å²) in [6, 6.07) is 0. The number of carbonyl (C=O) groups excluding carboxylic acids is 2. The van der Waals surface area contributed by atoms with Crippen LogP contribution in [0.15, 0.2) is 72.9 Å². The Kier molecular flexibility index (Phi) is 29.8. The van der Waals surface area contributed by atoms with E-state index in [1.54, 1.807) is 0 Å². The Morgan fingerprint density at radius 1 is 0.673 bits per heavy atom. The van der Waals surface area contributed by atoms with Crippen molar-refractivity contribution < 1.29 is 46.8 Å². The largest absolute Gasteiger partial charge is 0.472 e. The second-order valence-corrected chi connectivity index (χ2v) is 16.5. The van der Waals surface area contributed by atoms with E-state index in [4.69, 9.17) is 23.3 Å². The van der Waals surface area contributed by atoms with Crippen molar-refractivity contribution in [3.8, 4) is 0 Å². The third-order valence-electron chi connectivity index (χ3n) is 8.64. The average Bonchev–Trinajstić information content (AvgIpc) is 3.89. The number of phosphoric acid groups is 1. The number of nitrogens with zero attached hydrogens (tertiary/aromatic N) is 1. The highest BCUT2D eigenvalue weighted by atomic mass is 31.2. The van der Waals surface area contributed by atoms with Gasteiger partial charge in [-0.3, -0.25) is 18.6 Å². The smallest absolute Gasteiger partial charge is 0.462 e. The second kappa shape index (κ2) is 32.5. The van der Waals surface area contributed by atoms with E-state index in [0.29, 0.717) is 36.1 Å². The zero-order valence-corrected chi connectivity index (χ0v) is 35.7. The molecule has 0 radical (unpaired) electrons. The molecule has 1 N–H and O–H groups in total. The van der Waals surface area contributed by atoms with Crippen LogP contribution in [0.1, 0.15) is 129 Å². The van der Waals surface area contributed by atoms with Crippen LogP contribution in [-0.4, -0.2) is 87.1 Å². The lowest BCUT2D eigenvalue weighted by molar-refractivity contribution is -0.870. The van der Waals surface area contributed by atoms with Gasteiger partial charge >= 0.3 is 19.8 Å². The normalized spacial score (nSPS) is 18.1. The Labute approximate surface area is 333 Å². The monoisotopic (exact) mass is 793 g/mol. The van der Waals surface area contributed by atoms with Crippen LogP contribution in [0.3, 0.4) is 0 Å². The fourth-order valence-electron chi connectivity index (χ4n) is 5.24. The van der Waals surface area contributed by atoms with Crippen LogP contribution < -0.4 is 0 Å². The fourth-order valence-corrected chi connectivity index (χ4v) is 5.98. The molecule has 0 spiro atoms. The lowest BCUT2D eigenvalue weighted by Gasteiger charge is -2.24. The quantitative estimate of drug-likeness (QED) is 0.0167. The van der Waals surface area contributed by atoms with Crippen LogP contribution >= 0.6 is 7.82 Å². The molecule has 10 nitrogen and oxygen atoms in total. The van der Waals surface area contributed by atoms with Gasteiger partial charge in [-0.15, -0.1) is 0 Å². The number of hydrogen-bond donors (Lipinski definition) is 1. The molecule has 1 saturated heterocycles. The molecule has 1 heterocycles. The van der Waals surface area contributed by atoms with Gasteiger partial charge in [-0.1, -0.05) is 119 Å². The minimum atomic E-state index is -4.40. The molecule has 11 heteroatoms. The molecular formula is C44H75NO9P+. The highest BCUT2D eigenvalue weighted by Crippen LogP contribution is 2.43. The topological polar surface area (TPSA) is 121 Å². The van der Waals surface area contributed by atoms with Crippen molar-refractivity contribution in [1.82, 2.24) is 0 Å². The van der Waals surface area contributed by atoms with Crippen molar-refractivity contribution in [1.29, 1.82) is 0 Å². The van der Waals surface area contributed by atoms with E-state index in [2.05, 4.69) is 74.6 Å². The SMILES string of the molecule is CC/C=C\CC1OC1C/C=C\C/C=C\C/C=C\C/C=C\CCC(=O)O[C@H](COC(=O)CCCCCCC/C=C\CCCC)COP(=O)(O)OCC[N+](C)(C)C. The van der Waals surface area contributed by atoms with Crippen molar-refractivity contribution >= 4 is 19.8 Å². The van der Waals surface area contributed by atoms with Gasteiger partial charge in [0.25, 0.3) is 0 Å². The first-order chi connectivity index (χ1) is 26.5. The summed E-state index contributed by atoms with van der Waals surface area (Å²) in [6.07, 6.45) is 41.5. The summed E-state index contributed by atoms with van der Waals surface area (Å²) in [7, 11) is 1.41. The number of ether oxygens (including phenoxy) is 3. The molecule has 314 valence electrons. The summed E-state index contributed by atoms with van der Waals surface area (Å²) in [4.78, 5) is 35.2. The molecule has 1 aliphatic rings. The molecular weight excluding hydrogens is 717 g/mol. The third-order valence-corrected chi connectivity index (χ3v) is 9.62. The van der Waals surface area contributed by atoms with E-state index in [-0.39, 0.29) is 26.1 Å². The van der Waals surface area contributed by atoms with Gasteiger partial charge in [-0.25, -0.2) is 4.57 Å². The Balaban J connectivity index is 2.36. The first-order valence-electron chi connectivity index (χ1n) is 20.8. The molecule has 1 rings (SSSR count). The number of carbonyl (C=O) groups is 2. The van der Waals surface area contributed by atoms with E-state index >= 15 is 0 Å². The van der Waals surface area contributed by atoms with Crippen LogP contribution in [0.2, 0.25) is 0 Å². The number of likely N-dealkylation sites (N-methyl/N-ethyl adjacent to an activating group) is 1. The molecule has 0 aliphatic carbocycles. The van der Waals surface area contributed by atoms with Gasteiger partial charge in [0.05, 0.1) is 40.0 Å². The summed E-state index contributed by atoms with van der Waals surface area (Å²) in [5.74, 6) is -0.921. The van der Waals surface area contributed by atoms with Crippen molar-refractivity contribution in [2.24, 2.45) is 0 Å². The van der Waals surface area contributed by atoms with Gasteiger partial charge in [0.1, 0.15) is 19.8 Å². The van der Waals surface area contributed by atoms with Crippen LogP contribution in [0.5, 0.6) is 0 Å². The van der Waals surface area contributed by atoms with E-state index < -0.39 is 32.5 Å². The summed E-state index contributed by atoms with van der Waals surface area (Å²) in [6.45, 7) is 4.13. The van der Waals surface area contributed by atoms with Crippen molar-refractivity contribution in [2.45, 2.75) is 148 Å². The maximum Gasteiger partial charge on any atom is 0.472 e. The van der Waals surface area contributed by atoms with Gasteiger partial charge in [-0.2, -0.15) is 0 Å². The molecule has 1 fully saturated rings. The van der Waals surface area contributed by atoms with Crippen LogP contribution in [0, 0.1) is 0 Å². The van der Waals surface area contributed by atoms with Gasteiger partial charge in [0, 0.05) is 12.8 Å². The van der Waals surface area contributed by atoms with Crippen molar-refractivity contribution in [2.75, 3.05) is 47.5 Å². The third kappa shape index (κ3) is 33.3. The highest BCUT2D eigenvalue weighted by Gasteiger charge is 2.36. The summed E-state index contributed by atoms with van der Waals surface area (Å²) in [5.41, 5.74) is 0. The Morgan fingerprint density at radius 3 is 1.87 bits per heavy atom. The molecule has 4 atom stereocenters. The zero-order chi connectivity index (χ0) is 40.5. The number of esters is 2. The Bertz CT molecular complexity index is 1230. The molecule has 0 saturated carbocycles. The number of quaternary nitrogens is 1. The second-order valence-electron chi connectivity index (χ2n) is 15.0. The first-order valence-corrected chi connectivity index (χ1v) is 22.3. The minimum Gasteiger partial charge on any atom is -0.462 e. The lowest BCUT2D eigenvalue weighted by Crippen LogP contribution is -2.37. The van der Waals surface area contributed by atoms with E-state index in [9.17, 15) is 19.0 Å². The van der Waals surface area contributed by atoms with Crippen LogP contribution in [0.25, 0.3) is 0 Å². The van der Waals surface area contributed by atoms with Gasteiger partial charge in [0.15, 0.2) is 6.10 Å². The molecule has 55 heavy (non-hydrogen) atoms. The number of rotatable bonds is 35. The number of unbranched alkanes of at least 4 members (excludes halogenated alkanes) is 7. The first kappa shape index (κ1) is 50.4. The Hall–Kier alpha value is -2.59. The summed E-state index contributed by atoms with van der Waals surface area (Å²) >= 11 is 0. The predicted octanol–water partition coefficient (Wildman–Crippen LogP) is 10.4. The molecule has 1 aliphatic heterocycles. The molecule has 3 unspecified atom stereocenters.